The third kappa shape index (κ3) is 4.82. The molecule has 0 aliphatic heterocycles. The first kappa shape index (κ1) is 22.1. The molecule has 0 heterocycles. The normalized spacial score (nSPS) is 19.7. The summed E-state index contributed by atoms with van der Waals surface area (Å²) in [6.07, 6.45) is 4.68. The zero-order valence-electron chi connectivity index (χ0n) is 16.7. The Morgan fingerprint density at radius 2 is 1.42 bits per heavy atom. The zero-order valence-corrected chi connectivity index (χ0v) is 17.6. The highest BCUT2D eigenvalue weighted by Gasteiger charge is 2.59. The van der Waals surface area contributed by atoms with Crippen LogP contribution in [0.4, 0.5) is 0 Å². The quantitative estimate of drug-likeness (QED) is 0.406. The van der Waals surface area contributed by atoms with Gasteiger partial charge in [0.05, 0.1) is 13.2 Å². The van der Waals surface area contributed by atoms with Gasteiger partial charge < -0.3 is 9.05 Å². The average molecular weight is 362 g/mol. The van der Waals surface area contributed by atoms with E-state index in [1.807, 2.05) is 13.8 Å². The molecule has 0 saturated heterocycles. The van der Waals surface area contributed by atoms with Gasteiger partial charge in [-0.05, 0) is 52.4 Å². The molecular weight excluding hydrogens is 325 g/mol. The minimum atomic E-state index is -3.53. The molecule has 0 unspecified atom stereocenters. The molecule has 24 heavy (non-hydrogen) atoms. The Kier molecular flexibility index (Phi) is 7.53. The first-order chi connectivity index (χ1) is 10.9. The lowest BCUT2D eigenvalue weighted by Gasteiger charge is -2.51. The summed E-state index contributed by atoms with van der Waals surface area (Å²) in [6.45, 7) is 14.4. The van der Waals surface area contributed by atoms with Crippen molar-refractivity contribution in [2.24, 2.45) is 5.41 Å². The minimum Gasteiger partial charge on any atom is -0.308 e. The smallest absolute Gasteiger partial charge is 0.308 e. The van der Waals surface area contributed by atoms with Gasteiger partial charge in [0.2, 0.25) is 0 Å². The maximum absolute atomic E-state index is 13.7. The summed E-state index contributed by atoms with van der Waals surface area (Å²) in [5.41, 5.74) is -0.636. The molecule has 0 bridgehead atoms. The van der Waals surface area contributed by atoms with Crippen molar-refractivity contribution in [3.63, 3.8) is 0 Å². The van der Waals surface area contributed by atoms with Crippen LogP contribution in [-0.2, 0) is 18.8 Å². The van der Waals surface area contributed by atoms with Crippen molar-refractivity contribution >= 4 is 7.60 Å². The van der Waals surface area contributed by atoms with E-state index >= 15 is 0 Å². The summed E-state index contributed by atoms with van der Waals surface area (Å²) in [5.74, 6) is 0. The molecule has 0 aromatic rings. The van der Waals surface area contributed by atoms with E-state index in [4.69, 9.17) is 9.05 Å². The largest absolute Gasteiger partial charge is 0.353 e. The summed E-state index contributed by atoms with van der Waals surface area (Å²) >= 11 is 0. The van der Waals surface area contributed by atoms with Gasteiger partial charge >= 0.3 is 7.60 Å². The van der Waals surface area contributed by atoms with Gasteiger partial charge in [0.1, 0.15) is 0 Å². The van der Waals surface area contributed by atoms with Crippen LogP contribution >= 0.6 is 7.60 Å². The first-order valence-electron chi connectivity index (χ1n) is 9.31. The van der Waals surface area contributed by atoms with Crippen LogP contribution in [0.5, 0.6) is 0 Å². The van der Waals surface area contributed by atoms with Gasteiger partial charge in [0, 0.05) is 5.54 Å². The first-order valence-corrected chi connectivity index (χ1v) is 10.8. The van der Waals surface area contributed by atoms with Gasteiger partial charge in [-0.25, -0.2) is 0 Å². The molecule has 5 nitrogen and oxygen atoms in total. The van der Waals surface area contributed by atoms with Gasteiger partial charge in [0.15, 0.2) is 5.28 Å². The van der Waals surface area contributed by atoms with Crippen LogP contribution in [0.25, 0.3) is 0 Å². The highest BCUT2D eigenvalue weighted by Crippen LogP contribution is 2.67. The second kappa shape index (κ2) is 8.18. The van der Waals surface area contributed by atoms with Crippen molar-refractivity contribution in [1.82, 2.24) is 5.06 Å². The Bertz CT molecular complexity index is 429. The molecule has 0 atom stereocenters. The van der Waals surface area contributed by atoms with Crippen LogP contribution in [0.1, 0.15) is 87.0 Å². The summed E-state index contributed by atoms with van der Waals surface area (Å²) in [6, 6.07) is 0. The van der Waals surface area contributed by atoms with Gasteiger partial charge in [-0.15, -0.1) is 10.3 Å². The molecule has 0 spiro atoms. The van der Waals surface area contributed by atoms with Crippen molar-refractivity contribution in [2.75, 3.05) is 13.2 Å². The van der Waals surface area contributed by atoms with Crippen molar-refractivity contribution in [3.8, 4) is 0 Å². The molecule has 1 fully saturated rings. The molecule has 1 radical (unpaired) electrons. The molecule has 0 aromatic carbocycles. The third-order valence-corrected chi connectivity index (χ3v) is 7.50. The standard InChI is InChI=1S/C18H37NO4P/c1-8-22-24(21,23-9-2)18(13-11-10-12-14-18)19(20)17(6,7)15-16(3,4)5/h8-15H2,1-7H3. The Morgan fingerprint density at radius 3 is 1.79 bits per heavy atom. The topological polar surface area (TPSA) is 58.7 Å². The number of hydrogen-bond acceptors (Lipinski definition) is 4. The summed E-state index contributed by atoms with van der Waals surface area (Å²) in [7, 11) is -3.53. The Labute approximate surface area is 148 Å². The molecule has 0 amide bonds. The highest BCUT2D eigenvalue weighted by atomic mass is 31.2. The fourth-order valence-corrected chi connectivity index (χ4v) is 6.85. The van der Waals surface area contributed by atoms with E-state index in [1.54, 1.807) is 13.8 Å². The summed E-state index contributed by atoms with van der Waals surface area (Å²) < 4.78 is 25.0. The number of hydrogen-bond donors (Lipinski definition) is 0. The van der Waals surface area contributed by atoms with Crippen molar-refractivity contribution in [1.29, 1.82) is 0 Å². The molecule has 6 heteroatoms. The van der Waals surface area contributed by atoms with E-state index in [0.29, 0.717) is 19.3 Å². The lowest BCUT2D eigenvalue weighted by Crippen LogP contribution is -2.57. The van der Waals surface area contributed by atoms with Gasteiger partial charge in [-0.2, -0.15) is 0 Å². The Morgan fingerprint density at radius 1 is 0.958 bits per heavy atom. The number of hydroxylamine groups is 2. The van der Waals surface area contributed by atoms with E-state index < -0.39 is 18.4 Å². The van der Waals surface area contributed by atoms with E-state index in [1.165, 1.54) is 0 Å². The molecule has 1 rings (SSSR count). The van der Waals surface area contributed by atoms with Gasteiger partial charge in [0.25, 0.3) is 0 Å². The molecular formula is C18H37NO4P. The molecule has 1 aliphatic carbocycles. The maximum atomic E-state index is 13.7. The van der Waals surface area contributed by atoms with Crippen molar-refractivity contribution in [3.05, 3.63) is 0 Å². The number of nitrogens with zero attached hydrogens (tertiary/aromatic N) is 1. The maximum Gasteiger partial charge on any atom is 0.353 e. The third-order valence-electron chi connectivity index (χ3n) is 4.65. The van der Waals surface area contributed by atoms with Crippen molar-refractivity contribution < 1.29 is 18.8 Å². The summed E-state index contributed by atoms with van der Waals surface area (Å²) in [4.78, 5) is 0. The van der Waals surface area contributed by atoms with E-state index in [2.05, 4.69) is 20.8 Å². The average Bonchev–Trinajstić information content (AvgIpc) is 2.45. The van der Waals surface area contributed by atoms with Crippen LogP contribution in [0, 0.1) is 5.41 Å². The molecule has 143 valence electrons. The van der Waals surface area contributed by atoms with E-state index in [0.717, 1.165) is 24.3 Å². The monoisotopic (exact) mass is 362 g/mol. The zero-order chi connectivity index (χ0) is 18.6. The van der Waals surface area contributed by atoms with Crippen LogP contribution in [0.15, 0.2) is 0 Å². The van der Waals surface area contributed by atoms with E-state index in [9.17, 15) is 9.77 Å². The van der Waals surface area contributed by atoms with Gasteiger partial charge in [-0.3, -0.25) is 4.57 Å². The predicted molar refractivity (Wildman–Crippen MR) is 97.4 cm³/mol. The highest BCUT2D eigenvalue weighted by molar-refractivity contribution is 7.55. The Hall–Kier alpha value is 0.0700. The molecule has 0 N–H and O–H groups in total. The second-order valence-electron chi connectivity index (χ2n) is 8.72. The SMILES string of the molecule is CCOP(=O)(OCC)C1(N([O])C(C)(C)CC(C)(C)C)CCCCC1. The van der Waals surface area contributed by atoms with Crippen LogP contribution < -0.4 is 0 Å². The molecule has 0 aromatic heterocycles. The van der Waals surface area contributed by atoms with E-state index in [-0.39, 0.29) is 18.6 Å². The van der Waals surface area contributed by atoms with Crippen LogP contribution in [-0.4, -0.2) is 29.1 Å². The molecule has 1 aliphatic rings. The van der Waals surface area contributed by atoms with Crippen molar-refractivity contribution in [2.45, 2.75) is 97.8 Å². The predicted octanol–water partition coefficient (Wildman–Crippen LogP) is 5.78. The Balaban J connectivity index is 3.30. The lowest BCUT2D eigenvalue weighted by molar-refractivity contribution is -0.273. The summed E-state index contributed by atoms with van der Waals surface area (Å²) in [5, 5.41) is 13.6. The van der Waals surface area contributed by atoms with Gasteiger partial charge in [-0.1, -0.05) is 40.0 Å². The second-order valence-corrected chi connectivity index (χ2v) is 11.1. The fourth-order valence-electron chi connectivity index (χ4n) is 4.26. The minimum absolute atomic E-state index is 0.00321. The van der Waals surface area contributed by atoms with Crippen LogP contribution in [0.3, 0.4) is 0 Å². The lowest BCUT2D eigenvalue weighted by atomic mass is 9.80. The van der Waals surface area contributed by atoms with Crippen LogP contribution in [0.2, 0.25) is 0 Å². The molecule has 1 saturated carbocycles. The fraction of sp³-hybridized carbons (Fsp3) is 1.00. The number of rotatable bonds is 8.